The van der Waals surface area contributed by atoms with Gasteiger partial charge in [-0.3, -0.25) is 0 Å². The predicted molar refractivity (Wildman–Crippen MR) is 66.9 cm³/mol. The van der Waals surface area contributed by atoms with E-state index in [1.54, 1.807) is 11.3 Å². The molecule has 16 heavy (non-hydrogen) atoms. The number of piperidine rings is 1. The molecule has 0 aromatic carbocycles. The smallest absolute Gasteiger partial charge is 0.185 e. The van der Waals surface area contributed by atoms with Crippen LogP contribution in [0.5, 0.6) is 0 Å². The summed E-state index contributed by atoms with van der Waals surface area (Å²) >= 11 is 1.58. The lowest BCUT2D eigenvalue weighted by Gasteiger charge is -2.25. The fourth-order valence-corrected chi connectivity index (χ4v) is 3.15. The molecule has 0 amide bonds. The Balaban J connectivity index is 2.16. The lowest BCUT2D eigenvalue weighted by Crippen LogP contribution is -2.29. The highest BCUT2D eigenvalue weighted by atomic mass is 32.1. The Morgan fingerprint density at radius 1 is 1.44 bits per heavy atom. The van der Waals surface area contributed by atoms with Crippen molar-refractivity contribution >= 4 is 16.5 Å². The van der Waals surface area contributed by atoms with Gasteiger partial charge >= 0.3 is 0 Å². The maximum Gasteiger partial charge on any atom is 0.185 e. The summed E-state index contributed by atoms with van der Waals surface area (Å²) in [7, 11) is 0. The maximum atomic E-state index is 9.75. The largest absolute Gasteiger partial charge is 0.386 e. The molecule has 3 N–H and O–H groups in total. The van der Waals surface area contributed by atoms with E-state index in [1.807, 2.05) is 6.92 Å². The van der Waals surface area contributed by atoms with Crippen molar-refractivity contribution in [2.75, 3.05) is 24.5 Å². The third-order valence-corrected chi connectivity index (χ3v) is 4.29. The molecule has 0 bridgehead atoms. The van der Waals surface area contributed by atoms with Crippen molar-refractivity contribution in [3.63, 3.8) is 0 Å². The van der Waals surface area contributed by atoms with Gasteiger partial charge in [0.15, 0.2) is 5.13 Å². The van der Waals surface area contributed by atoms with Crippen LogP contribution in [0, 0.1) is 6.92 Å². The minimum absolute atomic E-state index is 0.266. The highest BCUT2D eigenvalue weighted by Crippen LogP contribution is 2.31. The normalized spacial score (nSPS) is 18.8. The Bertz CT molecular complexity index is 347. The molecule has 1 aromatic heterocycles. The third-order valence-electron chi connectivity index (χ3n) is 2.97. The number of aryl methyl sites for hydroxylation is 1. The average molecular weight is 241 g/mol. The van der Waals surface area contributed by atoms with E-state index in [2.05, 4.69) is 9.88 Å². The van der Waals surface area contributed by atoms with Crippen molar-refractivity contribution in [3.05, 3.63) is 10.6 Å². The topological polar surface area (TPSA) is 62.4 Å². The number of rotatable bonds is 3. The summed E-state index contributed by atoms with van der Waals surface area (Å²) in [6, 6.07) is 0. The van der Waals surface area contributed by atoms with Gasteiger partial charge in [0, 0.05) is 19.6 Å². The van der Waals surface area contributed by atoms with E-state index in [0.717, 1.165) is 28.8 Å². The van der Waals surface area contributed by atoms with E-state index in [0.29, 0.717) is 0 Å². The molecular formula is C11H19N3OS. The van der Waals surface area contributed by atoms with E-state index >= 15 is 0 Å². The summed E-state index contributed by atoms with van der Waals surface area (Å²) in [5.74, 6) is 0. The number of hydrogen-bond acceptors (Lipinski definition) is 5. The monoisotopic (exact) mass is 241 g/mol. The number of hydrogen-bond donors (Lipinski definition) is 2. The standard InChI is InChI=1S/C11H19N3OS/c1-8-10(9(15)7-12)16-11(13-8)14-5-3-2-4-6-14/h9,15H,2-7,12H2,1H3/t9-/m1/s1. The molecule has 1 aromatic rings. The quantitative estimate of drug-likeness (QED) is 0.840. The summed E-state index contributed by atoms with van der Waals surface area (Å²) in [6.45, 7) is 4.39. The molecule has 0 saturated carbocycles. The molecule has 5 heteroatoms. The molecule has 4 nitrogen and oxygen atoms in total. The number of anilines is 1. The van der Waals surface area contributed by atoms with Crippen LogP contribution in [-0.4, -0.2) is 29.7 Å². The van der Waals surface area contributed by atoms with Crippen molar-refractivity contribution in [1.82, 2.24) is 4.98 Å². The first-order chi connectivity index (χ1) is 7.72. The number of aliphatic hydroxyl groups is 1. The molecule has 1 aliphatic heterocycles. The first-order valence-electron chi connectivity index (χ1n) is 5.82. The SMILES string of the molecule is Cc1nc(N2CCCCC2)sc1[C@H](O)CN. The Kier molecular flexibility index (Phi) is 3.78. The van der Waals surface area contributed by atoms with Gasteiger partial charge < -0.3 is 15.7 Å². The zero-order chi connectivity index (χ0) is 11.5. The zero-order valence-corrected chi connectivity index (χ0v) is 10.5. The second kappa shape index (κ2) is 5.12. The molecule has 0 spiro atoms. The van der Waals surface area contributed by atoms with E-state index in [-0.39, 0.29) is 6.54 Å². The van der Waals surface area contributed by atoms with Crippen molar-refractivity contribution in [1.29, 1.82) is 0 Å². The Labute approximate surface area is 100 Å². The van der Waals surface area contributed by atoms with E-state index < -0.39 is 6.10 Å². The molecule has 1 fully saturated rings. The molecule has 1 saturated heterocycles. The van der Waals surface area contributed by atoms with E-state index in [1.165, 1.54) is 19.3 Å². The van der Waals surface area contributed by atoms with Gasteiger partial charge in [0.05, 0.1) is 10.6 Å². The molecule has 0 aliphatic carbocycles. The van der Waals surface area contributed by atoms with Crippen LogP contribution in [-0.2, 0) is 0 Å². The molecule has 1 atom stereocenters. The number of nitrogens with zero attached hydrogens (tertiary/aromatic N) is 2. The average Bonchev–Trinajstić information content (AvgIpc) is 2.71. The van der Waals surface area contributed by atoms with E-state index in [9.17, 15) is 5.11 Å². The van der Waals surface area contributed by atoms with Gasteiger partial charge in [0.1, 0.15) is 6.10 Å². The van der Waals surface area contributed by atoms with Crippen LogP contribution in [0.3, 0.4) is 0 Å². The predicted octanol–water partition coefficient (Wildman–Crippen LogP) is 1.43. The first kappa shape index (κ1) is 11.8. The van der Waals surface area contributed by atoms with Crippen molar-refractivity contribution in [2.24, 2.45) is 5.73 Å². The van der Waals surface area contributed by atoms with Gasteiger partial charge in [0.25, 0.3) is 0 Å². The second-order valence-corrected chi connectivity index (χ2v) is 5.25. The van der Waals surface area contributed by atoms with Crippen molar-refractivity contribution in [3.8, 4) is 0 Å². The van der Waals surface area contributed by atoms with Crippen LogP contribution in [0.25, 0.3) is 0 Å². The lowest BCUT2D eigenvalue weighted by molar-refractivity contribution is 0.189. The van der Waals surface area contributed by atoms with Gasteiger partial charge in [-0.25, -0.2) is 4.98 Å². The Morgan fingerprint density at radius 2 is 2.12 bits per heavy atom. The molecule has 0 radical (unpaired) electrons. The highest BCUT2D eigenvalue weighted by molar-refractivity contribution is 7.15. The van der Waals surface area contributed by atoms with Crippen LogP contribution in [0.1, 0.15) is 35.9 Å². The highest BCUT2D eigenvalue weighted by Gasteiger charge is 2.19. The molecule has 90 valence electrons. The fourth-order valence-electron chi connectivity index (χ4n) is 2.03. The summed E-state index contributed by atoms with van der Waals surface area (Å²) in [5.41, 5.74) is 6.40. The van der Waals surface area contributed by atoms with Crippen LogP contribution in [0.15, 0.2) is 0 Å². The van der Waals surface area contributed by atoms with Gasteiger partial charge in [-0.15, -0.1) is 0 Å². The second-order valence-electron chi connectivity index (χ2n) is 4.25. The minimum atomic E-state index is -0.559. The van der Waals surface area contributed by atoms with Gasteiger partial charge in [-0.1, -0.05) is 11.3 Å². The van der Waals surface area contributed by atoms with Crippen molar-refractivity contribution < 1.29 is 5.11 Å². The number of nitrogens with two attached hydrogens (primary N) is 1. The van der Waals surface area contributed by atoms with Crippen LogP contribution >= 0.6 is 11.3 Å². The molecule has 2 rings (SSSR count). The molecule has 0 unspecified atom stereocenters. The van der Waals surface area contributed by atoms with Gasteiger partial charge in [-0.2, -0.15) is 0 Å². The molecule has 2 heterocycles. The summed E-state index contributed by atoms with van der Waals surface area (Å²) in [5, 5.41) is 10.8. The van der Waals surface area contributed by atoms with Crippen LogP contribution in [0.2, 0.25) is 0 Å². The number of aromatic nitrogens is 1. The number of thiazole rings is 1. The van der Waals surface area contributed by atoms with Crippen LogP contribution < -0.4 is 10.6 Å². The Morgan fingerprint density at radius 3 is 2.75 bits per heavy atom. The zero-order valence-electron chi connectivity index (χ0n) is 9.65. The first-order valence-corrected chi connectivity index (χ1v) is 6.64. The van der Waals surface area contributed by atoms with E-state index in [4.69, 9.17) is 5.73 Å². The summed E-state index contributed by atoms with van der Waals surface area (Å²) in [4.78, 5) is 7.77. The van der Waals surface area contributed by atoms with Gasteiger partial charge in [0.2, 0.25) is 0 Å². The van der Waals surface area contributed by atoms with Crippen LogP contribution in [0.4, 0.5) is 5.13 Å². The summed E-state index contributed by atoms with van der Waals surface area (Å²) in [6.07, 6.45) is 3.25. The molecular weight excluding hydrogens is 222 g/mol. The maximum absolute atomic E-state index is 9.75. The van der Waals surface area contributed by atoms with Crippen molar-refractivity contribution in [2.45, 2.75) is 32.3 Å². The third kappa shape index (κ3) is 2.36. The summed E-state index contributed by atoms with van der Waals surface area (Å²) < 4.78 is 0. The number of aliphatic hydroxyl groups excluding tert-OH is 1. The Hall–Kier alpha value is -0.650. The molecule has 1 aliphatic rings. The lowest BCUT2D eigenvalue weighted by atomic mass is 10.1. The fraction of sp³-hybridized carbons (Fsp3) is 0.727. The van der Waals surface area contributed by atoms with Gasteiger partial charge in [-0.05, 0) is 26.2 Å². The minimum Gasteiger partial charge on any atom is -0.386 e.